The van der Waals surface area contributed by atoms with Crippen molar-refractivity contribution in [3.63, 3.8) is 0 Å². The van der Waals surface area contributed by atoms with Crippen LogP contribution in [0.3, 0.4) is 0 Å². The zero-order chi connectivity index (χ0) is 9.84. The molecule has 0 N–H and O–H groups in total. The minimum Gasteiger partial charge on any atom is -0.494 e. The van der Waals surface area contributed by atoms with Crippen LogP contribution >= 0.6 is 23.2 Å². The lowest BCUT2D eigenvalue weighted by Gasteiger charge is -2.07. The third-order valence-electron chi connectivity index (χ3n) is 1.34. The van der Waals surface area contributed by atoms with Gasteiger partial charge < -0.3 is 4.74 Å². The minimum absolute atomic E-state index is 0.239. The van der Waals surface area contributed by atoms with Crippen molar-refractivity contribution in [1.82, 2.24) is 10.2 Å². The van der Waals surface area contributed by atoms with E-state index in [-0.39, 0.29) is 10.3 Å². The Morgan fingerprint density at radius 1 is 1.54 bits per heavy atom. The standard InChI is InChI=1S/C8H8Cl2N2O/c1-3-13-5(2)6-4-7(9)11-12-8(6)10/h4H,2-3H2,1H3. The highest BCUT2D eigenvalue weighted by atomic mass is 35.5. The lowest BCUT2D eigenvalue weighted by atomic mass is 10.3. The van der Waals surface area contributed by atoms with Gasteiger partial charge in [0.1, 0.15) is 5.76 Å². The Hall–Kier alpha value is -0.800. The first-order chi connectivity index (χ1) is 6.15. The fraction of sp³-hybridized carbons (Fsp3) is 0.250. The van der Waals surface area contributed by atoms with Crippen molar-refractivity contribution in [1.29, 1.82) is 0 Å². The number of hydrogen-bond donors (Lipinski definition) is 0. The SMILES string of the molecule is C=C(OCC)c1cc(Cl)nnc1Cl. The van der Waals surface area contributed by atoms with Crippen LogP contribution in [0.4, 0.5) is 0 Å². The van der Waals surface area contributed by atoms with E-state index in [1.54, 1.807) is 6.07 Å². The summed E-state index contributed by atoms with van der Waals surface area (Å²) in [7, 11) is 0. The molecule has 3 nitrogen and oxygen atoms in total. The molecule has 0 saturated heterocycles. The molecule has 0 radical (unpaired) electrons. The monoisotopic (exact) mass is 218 g/mol. The zero-order valence-corrected chi connectivity index (χ0v) is 8.56. The van der Waals surface area contributed by atoms with Crippen LogP contribution in [0.2, 0.25) is 10.3 Å². The Morgan fingerprint density at radius 2 is 2.23 bits per heavy atom. The van der Waals surface area contributed by atoms with Gasteiger partial charge in [-0.1, -0.05) is 29.8 Å². The minimum atomic E-state index is 0.239. The average molecular weight is 219 g/mol. The molecule has 0 aliphatic carbocycles. The van der Waals surface area contributed by atoms with Crippen LogP contribution in [-0.4, -0.2) is 16.8 Å². The molecule has 1 aromatic heterocycles. The molecular formula is C8H8Cl2N2O. The third-order valence-corrected chi connectivity index (χ3v) is 1.80. The molecule has 0 saturated carbocycles. The molecule has 70 valence electrons. The summed E-state index contributed by atoms with van der Waals surface area (Å²) in [5, 5.41) is 7.70. The zero-order valence-electron chi connectivity index (χ0n) is 7.05. The number of ether oxygens (including phenoxy) is 1. The number of nitrogens with zero attached hydrogens (tertiary/aromatic N) is 2. The molecule has 0 aromatic carbocycles. The van der Waals surface area contributed by atoms with Crippen molar-refractivity contribution >= 4 is 29.0 Å². The summed E-state index contributed by atoms with van der Waals surface area (Å²) in [5.74, 6) is 0.448. The van der Waals surface area contributed by atoms with Crippen molar-refractivity contribution in [3.8, 4) is 0 Å². The second-order valence-electron chi connectivity index (χ2n) is 2.23. The Kier molecular flexibility index (Phi) is 3.51. The van der Waals surface area contributed by atoms with Crippen LogP contribution in [0.1, 0.15) is 12.5 Å². The molecule has 0 atom stereocenters. The van der Waals surface area contributed by atoms with Gasteiger partial charge in [0.25, 0.3) is 0 Å². The van der Waals surface area contributed by atoms with Crippen LogP contribution in [0.5, 0.6) is 0 Å². The van der Waals surface area contributed by atoms with Gasteiger partial charge in [-0.2, -0.15) is 0 Å². The maximum absolute atomic E-state index is 5.75. The van der Waals surface area contributed by atoms with Crippen molar-refractivity contribution in [2.24, 2.45) is 0 Å². The van der Waals surface area contributed by atoms with E-state index in [1.807, 2.05) is 6.92 Å². The molecule has 13 heavy (non-hydrogen) atoms. The highest BCUT2D eigenvalue weighted by molar-refractivity contribution is 6.32. The normalized spacial score (nSPS) is 9.77. The van der Waals surface area contributed by atoms with Crippen molar-refractivity contribution < 1.29 is 4.74 Å². The van der Waals surface area contributed by atoms with E-state index < -0.39 is 0 Å². The molecule has 0 unspecified atom stereocenters. The lowest BCUT2D eigenvalue weighted by Crippen LogP contribution is -1.94. The largest absolute Gasteiger partial charge is 0.494 e. The quantitative estimate of drug-likeness (QED) is 0.733. The molecule has 1 aromatic rings. The van der Waals surface area contributed by atoms with Crippen LogP contribution in [0, 0.1) is 0 Å². The van der Waals surface area contributed by atoms with Gasteiger partial charge in [0.05, 0.1) is 12.2 Å². The van der Waals surface area contributed by atoms with E-state index in [0.29, 0.717) is 17.9 Å². The summed E-state index contributed by atoms with van der Waals surface area (Å²) in [5.41, 5.74) is 0.573. The number of halogens is 2. The summed E-state index contributed by atoms with van der Waals surface area (Å²) >= 11 is 11.4. The predicted octanol–water partition coefficient (Wildman–Crippen LogP) is 2.79. The summed E-state index contributed by atoms with van der Waals surface area (Å²) in [4.78, 5) is 0. The molecule has 0 spiro atoms. The fourth-order valence-corrected chi connectivity index (χ4v) is 1.15. The van der Waals surface area contributed by atoms with Crippen LogP contribution in [-0.2, 0) is 4.74 Å². The van der Waals surface area contributed by atoms with Gasteiger partial charge in [0.2, 0.25) is 0 Å². The molecule has 1 heterocycles. The predicted molar refractivity (Wildman–Crippen MR) is 52.7 cm³/mol. The highest BCUT2D eigenvalue weighted by Crippen LogP contribution is 2.22. The smallest absolute Gasteiger partial charge is 0.162 e. The van der Waals surface area contributed by atoms with Gasteiger partial charge in [-0.15, -0.1) is 10.2 Å². The van der Waals surface area contributed by atoms with E-state index in [2.05, 4.69) is 16.8 Å². The summed E-state index contributed by atoms with van der Waals surface area (Å²) in [6.07, 6.45) is 0. The Balaban J connectivity index is 2.99. The fourth-order valence-electron chi connectivity index (χ4n) is 0.801. The topological polar surface area (TPSA) is 35.0 Å². The number of hydrogen-bond acceptors (Lipinski definition) is 3. The van der Waals surface area contributed by atoms with Gasteiger partial charge in [-0.3, -0.25) is 0 Å². The summed E-state index contributed by atoms with van der Waals surface area (Å²) < 4.78 is 5.16. The number of aromatic nitrogens is 2. The summed E-state index contributed by atoms with van der Waals surface area (Å²) in [6, 6.07) is 1.56. The van der Waals surface area contributed by atoms with Gasteiger partial charge in [-0.05, 0) is 13.0 Å². The Bertz CT molecular complexity index is 328. The second-order valence-corrected chi connectivity index (χ2v) is 2.97. The first-order valence-electron chi connectivity index (χ1n) is 3.66. The molecule has 0 bridgehead atoms. The number of rotatable bonds is 3. The highest BCUT2D eigenvalue weighted by Gasteiger charge is 2.08. The Labute approximate surface area is 86.3 Å². The Morgan fingerprint density at radius 3 is 2.85 bits per heavy atom. The van der Waals surface area contributed by atoms with Gasteiger partial charge in [0, 0.05) is 0 Å². The first-order valence-corrected chi connectivity index (χ1v) is 4.41. The lowest BCUT2D eigenvalue weighted by molar-refractivity contribution is 0.299. The molecule has 0 aliphatic heterocycles. The van der Waals surface area contributed by atoms with E-state index in [4.69, 9.17) is 27.9 Å². The van der Waals surface area contributed by atoms with Gasteiger partial charge in [0.15, 0.2) is 10.3 Å². The molecular weight excluding hydrogens is 211 g/mol. The summed E-state index contributed by atoms with van der Waals surface area (Å²) in [6.45, 7) is 6.06. The molecule has 0 aliphatic rings. The van der Waals surface area contributed by atoms with Crippen molar-refractivity contribution in [2.45, 2.75) is 6.92 Å². The molecule has 1 rings (SSSR count). The van der Waals surface area contributed by atoms with E-state index in [9.17, 15) is 0 Å². The van der Waals surface area contributed by atoms with Crippen LogP contribution in [0.25, 0.3) is 5.76 Å². The van der Waals surface area contributed by atoms with Crippen LogP contribution in [0.15, 0.2) is 12.6 Å². The van der Waals surface area contributed by atoms with E-state index >= 15 is 0 Å². The molecule has 5 heteroatoms. The van der Waals surface area contributed by atoms with Gasteiger partial charge in [-0.25, -0.2) is 0 Å². The first kappa shape index (κ1) is 10.3. The van der Waals surface area contributed by atoms with Crippen LogP contribution < -0.4 is 0 Å². The average Bonchev–Trinajstić information content (AvgIpc) is 2.09. The van der Waals surface area contributed by atoms with Gasteiger partial charge >= 0.3 is 0 Å². The molecule has 0 fully saturated rings. The second kappa shape index (κ2) is 4.44. The molecule has 0 amide bonds. The third kappa shape index (κ3) is 2.57. The van der Waals surface area contributed by atoms with E-state index in [1.165, 1.54) is 0 Å². The van der Waals surface area contributed by atoms with Crippen molar-refractivity contribution in [3.05, 3.63) is 28.5 Å². The maximum atomic E-state index is 5.75. The maximum Gasteiger partial charge on any atom is 0.162 e. The van der Waals surface area contributed by atoms with Crippen molar-refractivity contribution in [2.75, 3.05) is 6.61 Å². The van der Waals surface area contributed by atoms with E-state index in [0.717, 1.165) is 0 Å².